The Morgan fingerprint density at radius 2 is 1.94 bits per heavy atom. The number of rotatable bonds is 8. The van der Waals surface area contributed by atoms with Crippen LogP contribution in [0, 0.1) is 0 Å². The highest BCUT2D eigenvalue weighted by atomic mass is 79.9. The Bertz CT molecular complexity index is 1060. The number of halogens is 2. The van der Waals surface area contributed by atoms with Crippen molar-refractivity contribution in [1.29, 1.82) is 0 Å². The fourth-order valence-corrected chi connectivity index (χ4v) is 4.21. The van der Waals surface area contributed by atoms with Crippen LogP contribution in [0.5, 0.6) is 0 Å². The van der Waals surface area contributed by atoms with E-state index in [1.807, 2.05) is 38.1 Å². The molecule has 0 bridgehead atoms. The van der Waals surface area contributed by atoms with E-state index >= 15 is 0 Å². The Balaban J connectivity index is 1.62. The van der Waals surface area contributed by atoms with E-state index in [0.29, 0.717) is 27.3 Å². The van der Waals surface area contributed by atoms with E-state index in [1.54, 1.807) is 29.2 Å². The minimum absolute atomic E-state index is 0.0114. The number of nitrogens with one attached hydrogen (secondary N) is 1. The topological polar surface area (TPSA) is 75.2 Å². The van der Waals surface area contributed by atoms with Crippen molar-refractivity contribution in [1.82, 2.24) is 15.1 Å². The number of hydrogen-bond acceptors (Lipinski definition) is 5. The lowest BCUT2D eigenvalue weighted by molar-refractivity contribution is -0.116. The van der Waals surface area contributed by atoms with Gasteiger partial charge in [0.25, 0.3) is 5.91 Å². The van der Waals surface area contributed by atoms with Gasteiger partial charge in [-0.15, -0.1) is 10.2 Å². The summed E-state index contributed by atoms with van der Waals surface area (Å²) in [7, 11) is 0. The van der Waals surface area contributed by atoms with Crippen molar-refractivity contribution >= 4 is 55.8 Å². The molecule has 162 valence electrons. The molecule has 0 spiro atoms. The third-order valence-electron chi connectivity index (χ3n) is 4.80. The van der Waals surface area contributed by atoms with Crippen LogP contribution in [0.1, 0.15) is 37.0 Å². The van der Waals surface area contributed by atoms with E-state index in [1.165, 1.54) is 11.3 Å². The molecule has 0 saturated heterocycles. The smallest absolute Gasteiger partial charge is 0.254 e. The molecule has 3 rings (SSSR count). The predicted octanol–water partition coefficient (Wildman–Crippen LogP) is 5.89. The number of carbonyl (C=O) groups excluding carboxylic acids is 2. The van der Waals surface area contributed by atoms with Crippen LogP contribution in [0.25, 0.3) is 10.6 Å². The second-order valence-electron chi connectivity index (χ2n) is 6.98. The van der Waals surface area contributed by atoms with Crippen LogP contribution >= 0.6 is 38.9 Å². The summed E-state index contributed by atoms with van der Waals surface area (Å²) < 4.78 is 0.841. The first-order valence-electron chi connectivity index (χ1n) is 9.83. The SMILES string of the molecule is CC[C@@H](C)N(CCC(=O)Nc1nnc(-c2ccc(Cl)cc2)s1)C(=O)c1cccc(Br)c1. The van der Waals surface area contributed by atoms with Gasteiger partial charge in [0.1, 0.15) is 5.01 Å². The highest BCUT2D eigenvalue weighted by molar-refractivity contribution is 9.10. The number of aromatic nitrogens is 2. The van der Waals surface area contributed by atoms with Crippen LogP contribution in [0.4, 0.5) is 5.13 Å². The Labute approximate surface area is 198 Å². The number of benzene rings is 2. The Morgan fingerprint density at radius 3 is 2.61 bits per heavy atom. The minimum Gasteiger partial charge on any atom is -0.335 e. The van der Waals surface area contributed by atoms with Crippen LogP contribution in [-0.2, 0) is 4.79 Å². The maximum atomic E-state index is 13.0. The van der Waals surface area contributed by atoms with Gasteiger partial charge in [0, 0.05) is 39.6 Å². The summed E-state index contributed by atoms with van der Waals surface area (Å²) in [5.41, 5.74) is 1.47. The molecule has 31 heavy (non-hydrogen) atoms. The standard InChI is InChI=1S/C22H22BrClN4O2S/c1-3-14(2)28(21(30)16-5-4-6-17(23)13-16)12-11-19(29)25-22-27-26-20(31-22)15-7-9-18(24)10-8-15/h4-10,13-14H,3,11-12H2,1-2H3,(H,25,27,29)/t14-/m1/s1. The minimum atomic E-state index is -0.214. The molecule has 0 saturated carbocycles. The molecule has 0 aliphatic rings. The predicted molar refractivity (Wildman–Crippen MR) is 129 cm³/mol. The molecule has 0 aliphatic heterocycles. The van der Waals surface area contributed by atoms with Gasteiger partial charge < -0.3 is 10.2 Å². The molecule has 2 amide bonds. The zero-order valence-electron chi connectivity index (χ0n) is 17.1. The molecular weight excluding hydrogens is 500 g/mol. The van der Waals surface area contributed by atoms with Gasteiger partial charge in [0.2, 0.25) is 11.0 Å². The third-order valence-corrected chi connectivity index (χ3v) is 6.43. The summed E-state index contributed by atoms with van der Waals surface area (Å²) in [5, 5.41) is 12.7. The molecule has 1 heterocycles. The average Bonchev–Trinajstić information content (AvgIpc) is 3.22. The first-order valence-corrected chi connectivity index (χ1v) is 11.8. The molecule has 0 unspecified atom stereocenters. The first-order chi connectivity index (χ1) is 14.9. The highest BCUT2D eigenvalue weighted by Crippen LogP contribution is 2.27. The maximum Gasteiger partial charge on any atom is 0.254 e. The van der Waals surface area contributed by atoms with Gasteiger partial charge in [0.05, 0.1) is 0 Å². The Morgan fingerprint density at radius 1 is 1.19 bits per heavy atom. The van der Waals surface area contributed by atoms with E-state index in [2.05, 4.69) is 31.4 Å². The molecule has 1 N–H and O–H groups in total. The largest absolute Gasteiger partial charge is 0.335 e. The van der Waals surface area contributed by atoms with Crippen molar-refractivity contribution in [3.8, 4) is 10.6 Å². The second kappa shape index (κ2) is 10.8. The van der Waals surface area contributed by atoms with Crippen molar-refractivity contribution in [2.75, 3.05) is 11.9 Å². The van der Waals surface area contributed by atoms with Crippen LogP contribution in [-0.4, -0.2) is 39.5 Å². The van der Waals surface area contributed by atoms with Gasteiger partial charge in [0.15, 0.2) is 0 Å². The van der Waals surface area contributed by atoms with E-state index in [-0.39, 0.29) is 24.3 Å². The van der Waals surface area contributed by atoms with E-state index in [0.717, 1.165) is 16.5 Å². The van der Waals surface area contributed by atoms with E-state index < -0.39 is 0 Å². The van der Waals surface area contributed by atoms with Gasteiger partial charge in [-0.05, 0) is 43.7 Å². The summed E-state index contributed by atoms with van der Waals surface area (Å²) >= 11 is 10.6. The molecule has 1 aromatic heterocycles. The van der Waals surface area contributed by atoms with Crippen molar-refractivity contribution in [2.45, 2.75) is 32.7 Å². The lowest BCUT2D eigenvalue weighted by Gasteiger charge is -2.28. The Kier molecular flexibility index (Phi) is 8.17. The molecule has 0 radical (unpaired) electrons. The summed E-state index contributed by atoms with van der Waals surface area (Å²) in [4.78, 5) is 27.2. The van der Waals surface area contributed by atoms with Crippen molar-refractivity contribution < 1.29 is 9.59 Å². The number of carbonyl (C=O) groups is 2. The number of amides is 2. The van der Waals surface area contributed by atoms with Crippen LogP contribution < -0.4 is 5.32 Å². The fraction of sp³-hybridized carbons (Fsp3) is 0.273. The fourth-order valence-electron chi connectivity index (χ4n) is 2.92. The van der Waals surface area contributed by atoms with Crippen LogP contribution in [0.3, 0.4) is 0 Å². The molecule has 2 aromatic carbocycles. The zero-order chi connectivity index (χ0) is 22.4. The molecule has 0 aliphatic carbocycles. The molecule has 3 aromatic rings. The summed E-state index contributed by atoms with van der Waals surface area (Å²) in [6.07, 6.45) is 0.960. The van der Waals surface area contributed by atoms with Gasteiger partial charge in [-0.3, -0.25) is 9.59 Å². The van der Waals surface area contributed by atoms with Crippen LogP contribution in [0.15, 0.2) is 53.0 Å². The van der Waals surface area contributed by atoms with Gasteiger partial charge >= 0.3 is 0 Å². The number of nitrogens with zero attached hydrogens (tertiary/aromatic N) is 3. The molecular formula is C22H22BrClN4O2S. The molecule has 6 nitrogen and oxygen atoms in total. The van der Waals surface area contributed by atoms with Crippen molar-refractivity contribution in [3.05, 3.63) is 63.6 Å². The first kappa shape index (κ1) is 23.4. The highest BCUT2D eigenvalue weighted by Gasteiger charge is 2.22. The number of hydrogen-bond donors (Lipinski definition) is 1. The number of anilines is 1. The van der Waals surface area contributed by atoms with Gasteiger partial charge in [-0.25, -0.2) is 0 Å². The maximum absolute atomic E-state index is 13.0. The lowest BCUT2D eigenvalue weighted by atomic mass is 10.1. The third kappa shape index (κ3) is 6.35. The lowest BCUT2D eigenvalue weighted by Crippen LogP contribution is -2.40. The van der Waals surface area contributed by atoms with Crippen LogP contribution in [0.2, 0.25) is 5.02 Å². The quantitative estimate of drug-likeness (QED) is 0.401. The summed E-state index contributed by atoms with van der Waals surface area (Å²) in [5.74, 6) is -0.307. The van der Waals surface area contributed by atoms with E-state index in [4.69, 9.17) is 11.6 Å². The average molecular weight is 522 g/mol. The monoisotopic (exact) mass is 520 g/mol. The zero-order valence-corrected chi connectivity index (χ0v) is 20.3. The van der Waals surface area contributed by atoms with E-state index in [9.17, 15) is 9.59 Å². The second-order valence-corrected chi connectivity index (χ2v) is 9.31. The van der Waals surface area contributed by atoms with Gasteiger partial charge in [-0.1, -0.05) is 64.0 Å². The summed E-state index contributed by atoms with van der Waals surface area (Å²) in [6.45, 7) is 4.32. The summed E-state index contributed by atoms with van der Waals surface area (Å²) in [6, 6.07) is 14.5. The van der Waals surface area contributed by atoms with Crippen molar-refractivity contribution in [3.63, 3.8) is 0 Å². The normalized spacial score (nSPS) is 11.7. The molecule has 0 fully saturated rings. The van der Waals surface area contributed by atoms with Gasteiger partial charge in [-0.2, -0.15) is 0 Å². The molecule has 9 heteroatoms. The Hall–Kier alpha value is -2.29. The van der Waals surface area contributed by atoms with Crippen molar-refractivity contribution in [2.24, 2.45) is 0 Å². The molecule has 1 atom stereocenters.